The fourth-order valence-electron chi connectivity index (χ4n) is 5.69. The van der Waals surface area contributed by atoms with Gasteiger partial charge in [0.15, 0.2) is 6.61 Å². The first-order chi connectivity index (χ1) is 16.1. The summed E-state index contributed by atoms with van der Waals surface area (Å²) < 4.78 is 12.7. The number of rotatable bonds is 7. The van der Waals surface area contributed by atoms with E-state index in [9.17, 15) is 4.79 Å². The third kappa shape index (κ3) is 4.63. The lowest BCUT2D eigenvalue weighted by Gasteiger charge is -2.43. The average Bonchev–Trinajstić information content (AvgIpc) is 3.42. The first-order valence-electron chi connectivity index (χ1n) is 11.6. The molecule has 2 heterocycles. The number of piperidine rings is 1. The maximum Gasteiger partial charge on any atom is 0.341 e. The molecule has 1 saturated carbocycles. The molecule has 2 aliphatic rings. The average molecular weight is 467 g/mol. The Morgan fingerprint density at radius 1 is 1.24 bits per heavy atom. The predicted molar refractivity (Wildman–Crippen MR) is 130 cm³/mol. The van der Waals surface area contributed by atoms with E-state index in [1.165, 1.54) is 19.3 Å². The molecule has 1 spiro atoms. The number of likely N-dealkylation sites (tertiary alicyclic amines) is 1. The maximum atomic E-state index is 11.1. The normalized spacial score (nSPS) is 23.4. The lowest BCUT2D eigenvalue weighted by Crippen LogP contribution is -2.47. The van der Waals surface area contributed by atoms with Crippen molar-refractivity contribution >= 4 is 27.5 Å². The molecule has 1 saturated heterocycles. The Labute approximate surface area is 198 Å². The zero-order chi connectivity index (χ0) is 22.8. The molecular formula is C26H30N2O4S. The molecule has 2 aromatic carbocycles. The van der Waals surface area contributed by atoms with Crippen LogP contribution in [0.25, 0.3) is 20.8 Å². The van der Waals surface area contributed by atoms with Crippen LogP contribution >= 0.6 is 11.3 Å². The highest BCUT2D eigenvalue weighted by atomic mass is 32.1. The Morgan fingerprint density at radius 2 is 2.09 bits per heavy atom. The van der Waals surface area contributed by atoms with Gasteiger partial charge in [-0.1, -0.05) is 18.6 Å². The Kier molecular flexibility index (Phi) is 6.36. The molecule has 174 valence electrons. The van der Waals surface area contributed by atoms with Gasteiger partial charge in [0.2, 0.25) is 0 Å². The summed E-state index contributed by atoms with van der Waals surface area (Å²) >= 11 is 1.67. The molecule has 7 heteroatoms. The summed E-state index contributed by atoms with van der Waals surface area (Å²) in [5, 5.41) is 10.1. The van der Waals surface area contributed by atoms with Crippen molar-refractivity contribution in [2.45, 2.75) is 44.8 Å². The number of thiazole rings is 1. The van der Waals surface area contributed by atoms with Crippen LogP contribution < -0.4 is 4.74 Å². The Morgan fingerprint density at radius 3 is 2.91 bits per heavy atom. The van der Waals surface area contributed by atoms with E-state index in [0.29, 0.717) is 11.9 Å². The van der Waals surface area contributed by atoms with Gasteiger partial charge in [0, 0.05) is 36.7 Å². The molecule has 1 aliphatic carbocycles. The topological polar surface area (TPSA) is 71.9 Å². The summed E-state index contributed by atoms with van der Waals surface area (Å²) in [6, 6.07) is 14.1. The molecule has 33 heavy (non-hydrogen) atoms. The van der Waals surface area contributed by atoms with Crippen molar-refractivity contribution in [3.63, 3.8) is 0 Å². The minimum Gasteiger partial charge on any atom is -0.482 e. The molecule has 1 aromatic heterocycles. The van der Waals surface area contributed by atoms with E-state index in [1.54, 1.807) is 11.3 Å². The number of carboxylic acids is 1. The van der Waals surface area contributed by atoms with Crippen molar-refractivity contribution in [2.75, 3.05) is 26.8 Å². The third-order valence-electron chi connectivity index (χ3n) is 7.14. The number of hydrogen-bond donors (Lipinski definition) is 1. The largest absolute Gasteiger partial charge is 0.482 e. The summed E-state index contributed by atoms with van der Waals surface area (Å²) in [7, 11) is 1.84. The highest BCUT2D eigenvalue weighted by Crippen LogP contribution is 2.47. The molecule has 1 N–H and O–H groups in total. The Bertz CT molecular complexity index is 1110. The van der Waals surface area contributed by atoms with Gasteiger partial charge in [-0.05, 0) is 62.6 Å². The summed E-state index contributed by atoms with van der Waals surface area (Å²) in [4.78, 5) is 18.4. The quantitative estimate of drug-likeness (QED) is 0.516. The maximum absolute atomic E-state index is 11.1. The van der Waals surface area contributed by atoms with Crippen LogP contribution in [0.15, 0.2) is 42.5 Å². The highest BCUT2D eigenvalue weighted by Gasteiger charge is 2.45. The van der Waals surface area contributed by atoms with Crippen LogP contribution in [-0.4, -0.2) is 53.9 Å². The monoisotopic (exact) mass is 466 g/mol. The van der Waals surface area contributed by atoms with Crippen molar-refractivity contribution in [2.24, 2.45) is 5.41 Å². The van der Waals surface area contributed by atoms with Gasteiger partial charge < -0.3 is 14.6 Å². The Balaban J connectivity index is 1.43. The van der Waals surface area contributed by atoms with Crippen LogP contribution in [0.3, 0.4) is 0 Å². The predicted octanol–water partition coefficient (Wildman–Crippen LogP) is 5.21. The van der Waals surface area contributed by atoms with E-state index < -0.39 is 5.97 Å². The van der Waals surface area contributed by atoms with E-state index >= 15 is 0 Å². The number of ether oxygens (including phenoxy) is 2. The molecule has 5 rings (SSSR count). The second kappa shape index (κ2) is 9.41. The smallest absolute Gasteiger partial charge is 0.341 e. The van der Waals surface area contributed by atoms with Gasteiger partial charge in [0.25, 0.3) is 0 Å². The van der Waals surface area contributed by atoms with Gasteiger partial charge in [0.05, 0.1) is 16.3 Å². The molecular weight excluding hydrogens is 436 g/mol. The van der Waals surface area contributed by atoms with Crippen molar-refractivity contribution in [3.8, 4) is 16.3 Å². The van der Waals surface area contributed by atoms with E-state index in [1.807, 2.05) is 37.4 Å². The summed E-state index contributed by atoms with van der Waals surface area (Å²) in [6.07, 6.45) is 6.29. The first kappa shape index (κ1) is 22.3. The lowest BCUT2D eigenvalue weighted by atomic mass is 9.76. The van der Waals surface area contributed by atoms with Gasteiger partial charge in [-0.2, -0.15) is 0 Å². The fraction of sp³-hybridized carbons (Fsp3) is 0.462. The molecule has 3 aromatic rings. The molecule has 2 atom stereocenters. The Hall–Kier alpha value is -2.48. The number of nitrogens with zero attached hydrogens (tertiary/aromatic N) is 2. The SMILES string of the molecule is CO[C@@H]1CCC[C@]12CCCN(Cc1cc(-c3nc4ccccc4s3)ccc1OCC(=O)O)C2. The molecule has 2 fully saturated rings. The van der Waals surface area contributed by atoms with Crippen LogP contribution in [0.2, 0.25) is 0 Å². The number of fused-ring (bicyclic) bond motifs is 1. The van der Waals surface area contributed by atoms with E-state index in [0.717, 1.165) is 58.8 Å². The van der Waals surface area contributed by atoms with Crippen molar-refractivity contribution in [1.82, 2.24) is 9.88 Å². The first-order valence-corrected chi connectivity index (χ1v) is 12.5. The van der Waals surface area contributed by atoms with E-state index in [4.69, 9.17) is 19.6 Å². The zero-order valence-electron chi connectivity index (χ0n) is 19.0. The number of carbonyl (C=O) groups is 1. The number of aliphatic carboxylic acids is 1. The summed E-state index contributed by atoms with van der Waals surface area (Å²) in [6.45, 7) is 2.42. The molecule has 0 bridgehead atoms. The second-order valence-electron chi connectivity index (χ2n) is 9.28. The molecule has 0 radical (unpaired) electrons. The van der Waals surface area contributed by atoms with Crippen molar-refractivity contribution in [3.05, 3.63) is 48.0 Å². The lowest BCUT2D eigenvalue weighted by molar-refractivity contribution is -0.139. The van der Waals surface area contributed by atoms with Crippen molar-refractivity contribution in [1.29, 1.82) is 0 Å². The number of hydrogen-bond acceptors (Lipinski definition) is 6. The standard InChI is InChI=1S/C26H30N2O4S/c1-31-23-8-4-11-26(23)12-5-13-28(17-26)15-19-14-18(9-10-21(19)32-16-24(29)30)25-27-20-6-2-3-7-22(20)33-25/h2-3,6-7,9-10,14,23H,4-5,8,11-13,15-17H2,1H3,(H,29,30)/t23-,26-/m1/s1. The van der Waals surface area contributed by atoms with Gasteiger partial charge in [0.1, 0.15) is 10.8 Å². The number of carboxylic acid groups (broad SMARTS) is 1. The van der Waals surface area contributed by atoms with Gasteiger partial charge in [-0.25, -0.2) is 9.78 Å². The van der Waals surface area contributed by atoms with E-state index in [-0.39, 0.29) is 12.0 Å². The number of aromatic nitrogens is 1. The van der Waals surface area contributed by atoms with Crippen LogP contribution in [-0.2, 0) is 16.1 Å². The number of methoxy groups -OCH3 is 1. The third-order valence-corrected chi connectivity index (χ3v) is 8.23. The molecule has 6 nitrogen and oxygen atoms in total. The van der Waals surface area contributed by atoms with Gasteiger partial charge in [-0.3, -0.25) is 4.90 Å². The fourth-order valence-corrected chi connectivity index (χ4v) is 6.65. The second-order valence-corrected chi connectivity index (χ2v) is 10.3. The van der Waals surface area contributed by atoms with E-state index in [2.05, 4.69) is 17.0 Å². The van der Waals surface area contributed by atoms with Crippen LogP contribution in [0.1, 0.15) is 37.7 Å². The minimum absolute atomic E-state index is 0.236. The minimum atomic E-state index is -0.970. The molecule has 0 amide bonds. The summed E-state index contributed by atoms with van der Waals surface area (Å²) in [5.74, 6) is -0.335. The van der Waals surface area contributed by atoms with Gasteiger partial charge >= 0.3 is 5.97 Å². The van der Waals surface area contributed by atoms with Crippen molar-refractivity contribution < 1.29 is 19.4 Å². The number of benzene rings is 2. The van der Waals surface area contributed by atoms with Crippen LogP contribution in [0.5, 0.6) is 5.75 Å². The molecule has 0 unspecified atom stereocenters. The number of para-hydroxylation sites is 1. The van der Waals surface area contributed by atoms with Crippen LogP contribution in [0.4, 0.5) is 0 Å². The summed E-state index contributed by atoms with van der Waals surface area (Å²) in [5.41, 5.74) is 3.28. The molecule has 1 aliphatic heterocycles. The highest BCUT2D eigenvalue weighted by molar-refractivity contribution is 7.21. The zero-order valence-corrected chi connectivity index (χ0v) is 19.8. The van der Waals surface area contributed by atoms with Crippen LogP contribution in [0, 0.1) is 5.41 Å². The van der Waals surface area contributed by atoms with Gasteiger partial charge in [-0.15, -0.1) is 11.3 Å².